The standard InChI is InChI=1S/C34H50N6O5/c1-19(2)16-25-30(41)37-26(17-20(3)4)32(43)39-29(21(5)6)34(45)40-15-9-12-28(40)33(44)38-27(31(42)36-25)18-23-14-13-22-10-7-8-11-24(22)35-23/h7-8,10-11,13-14,19-21,25-30,37,41H,9,12,15-18H2,1-6H3,(H,36,42)(H,38,44)(H,39,43)/t25?,26-,27-,28-,29-,30?/m0/s1. The van der Waals surface area contributed by atoms with E-state index >= 15 is 0 Å². The fourth-order valence-electron chi connectivity index (χ4n) is 6.26. The highest BCUT2D eigenvalue weighted by Crippen LogP contribution is 2.22. The number of rotatable bonds is 7. The second-order valence-electron chi connectivity index (χ2n) is 13.7. The SMILES string of the molecule is CC(C)CC1NC(=O)[C@H](Cc2ccc3ccccc3n2)NC(=O)[C@@H]2CCCN2C(=O)[C@H](C(C)C)NC(=O)[C@H](CC(C)C)NC1O. The number of carbonyl (C=O) groups is 4. The Morgan fingerprint density at radius 2 is 1.53 bits per heavy atom. The predicted molar refractivity (Wildman–Crippen MR) is 173 cm³/mol. The average Bonchev–Trinajstić information content (AvgIpc) is 3.47. The zero-order valence-electron chi connectivity index (χ0n) is 27.4. The van der Waals surface area contributed by atoms with E-state index in [-0.39, 0.29) is 30.1 Å². The van der Waals surface area contributed by atoms with Crippen LogP contribution in [0.15, 0.2) is 36.4 Å². The van der Waals surface area contributed by atoms with Crippen LogP contribution in [-0.2, 0) is 25.6 Å². The zero-order chi connectivity index (χ0) is 32.8. The number of hydrogen-bond donors (Lipinski definition) is 5. The van der Waals surface area contributed by atoms with E-state index in [2.05, 4.69) is 21.3 Å². The lowest BCUT2D eigenvalue weighted by atomic mass is 9.97. The van der Waals surface area contributed by atoms with Crippen LogP contribution in [0.25, 0.3) is 10.9 Å². The van der Waals surface area contributed by atoms with Crippen molar-refractivity contribution in [3.05, 3.63) is 42.1 Å². The molecule has 4 rings (SSSR count). The number of aromatic nitrogens is 1. The summed E-state index contributed by atoms with van der Waals surface area (Å²) in [6.07, 6.45) is 0.770. The molecule has 0 bridgehead atoms. The molecule has 246 valence electrons. The van der Waals surface area contributed by atoms with Crippen molar-refractivity contribution in [1.29, 1.82) is 0 Å². The third-order valence-corrected chi connectivity index (χ3v) is 8.60. The van der Waals surface area contributed by atoms with E-state index in [1.54, 1.807) is 0 Å². The first-order valence-corrected chi connectivity index (χ1v) is 16.3. The molecular formula is C34H50N6O5. The van der Waals surface area contributed by atoms with Gasteiger partial charge in [0.15, 0.2) is 0 Å². The van der Waals surface area contributed by atoms with Gasteiger partial charge in [0.25, 0.3) is 0 Å². The van der Waals surface area contributed by atoms with Crippen LogP contribution in [0.3, 0.4) is 0 Å². The Balaban J connectivity index is 1.73. The molecule has 2 saturated heterocycles. The van der Waals surface area contributed by atoms with Gasteiger partial charge < -0.3 is 26.0 Å². The number of carbonyl (C=O) groups excluding carboxylic acids is 4. The highest BCUT2D eigenvalue weighted by atomic mass is 16.3. The van der Waals surface area contributed by atoms with Crippen molar-refractivity contribution in [2.45, 2.75) is 110 Å². The number of amides is 4. The molecule has 3 heterocycles. The summed E-state index contributed by atoms with van der Waals surface area (Å²) in [4.78, 5) is 61.6. The van der Waals surface area contributed by atoms with E-state index < -0.39 is 54.2 Å². The van der Waals surface area contributed by atoms with Crippen LogP contribution in [0.4, 0.5) is 0 Å². The Hall–Kier alpha value is -3.57. The summed E-state index contributed by atoms with van der Waals surface area (Å²) >= 11 is 0. The van der Waals surface area contributed by atoms with Crippen LogP contribution < -0.4 is 21.3 Å². The number of pyridine rings is 1. The lowest BCUT2D eigenvalue weighted by Gasteiger charge is -2.33. The van der Waals surface area contributed by atoms with Crippen LogP contribution in [0.1, 0.15) is 72.9 Å². The van der Waals surface area contributed by atoms with Gasteiger partial charge in [-0.05, 0) is 55.6 Å². The summed E-state index contributed by atoms with van der Waals surface area (Å²) in [6, 6.07) is 7.25. The van der Waals surface area contributed by atoms with Gasteiger partial charge in [-0.2, -0.15) is 0 Å². The van der Waals surface area contributed by atoms with Crippen LogP contribution in [0, 0.1) is 17.8 Å². The van der Waals surface area contributed by atoms with E-state index in [0.717, 1.165) is 10.9 Å². The molecule has 0 spiro atoms. The molecule has 6 atom stereocenters. The fourth-order valence-corrected chi connectivity index (χ4v) is 6.26. The molecule has 45 heavy (non-hydrogen) atoms. The molecule has 1 aromatic heterocycles. The lowest BCUT2D eigenvalue weighted by Crippen LogP contribution is -2.60. The molecule has 0 radical (unpaired) electrons. The van der Waals surface area contributed by atoms with Crippen molar-refractivity contribution in [3.8, 4) is 0 Å². The Bertz CT molecular complexity index is 1360. The van der Waals surface area contributed by atoms with E-state index in [9.17, 15) is 24.3 Å². The Morgan fingerprint density at radius 1 is 0.844 bits per heavy atom. The summed E-state index contributed by atoms with van der Waals surface area (Å²) in [5, 5.41) is 24.3. The number of para-hydroxylation sites is 1. The third-order valence-electron chi connectivity index (χ3n) is 8.60. The van der Waals surface area contributed by atoms with Crippen LogP contribution >= 0.6 is 0 Å². The fraction of sp³-hybridized carbons (Fsp3) is 0.618. The van der Waals surface area contributed by atoms with Gasteiger partial charge in [-0.1, -0.05) is 65.8 Å². The first-order valence-electron chi connectivity index (χ1n) is 16.3. The summed E-state index contributed by atoms with van der Waals surface area (Å²) in [6.45, 7) is 12.0. The molecule has 2 aromatic rings. The molecule has 5 N–H and O–H groups in total. The molecule has 2 fully saturated rings. The Labute approximate surface area is 266 Å². The highest BCUT2D eigenvalue weighted by Gasteiger charge is 2.41. The largest absolute Gasteiger partial charge is 0.376 e. The van der Waals surface area contributed by atoms with Gasteiger partial charge in [0.2, 0.25) is 23.6 Å². The Kier molecular flexibility index (Phi) is 11.5. The number of aliphatic hydroxyl groups excluding tert-OH is 1. The summed E-state index contributed by atoms with van der Waals surface area (Å²) in [5.41, 5.74) is 1.40. The maximum absolute atomic E-state index is 14.0. The summed E-state index contributed by atoms with van der Waals surface area (Å²) in [5.74, 6) is -1.66. The molecule has 11 nitrogen and oxygen atoms in total. The second kappa shape index (κ2) is 15.1. The maximum atomic E-state index is 14.0. The monoisotopic (exact) mass is 622 g/mol. The van der Waals surface area contributed by atoms with E-state index in [4.69, 9.17) is 4.98 Å². The molecule has 11 heteroatoms. The van der Waals surface area contributed by atoms with E-state index in [1.807, 2.05) is 77.9 Å². The van der Waals surface area contributed by atoms with Crippen molar-refractivity contribution in [2.24, 2.45) is 17.8 Å². The number of nitrogens with zero attached hydrogens (tertiary/aromatic N) is 2. The first-order chi connectivity index (χ1) is 21.3. The van der Waals surface area contributed by atoms with Crippen molar-refractivity contribution in [1.82, 2.24) is 31.2 Å². The summed E-state index contributed by atoms with van der Waals surface area (Å²) in [7, 11) is 0. The van der Waals surface area contributed by atoms with Crippen molar-refractivity contribution in [3.63, 3.8) is 0 Å². The first kappa shape index (κ1) is 34.3. The zero-order valence-corrected chi connectivity index (χ0v) is 27.4. The van der Waals surface area contributed by atoms with Gasteiger partial charge in [-0.25, -0.2) is 0 Å². The molecule has 2 unspecified atom stereocenters. The van der Waals surface area contributed by atoms with Gasteiger partial charge in [-0.3, -0.25) is 29.5 Å². The van der Waals surface area contributed by atoms with E-state index in [0.29, 0.717) is 37.9 Å². The van der Waals surface area contributed by atoms with Crippen LogP contribution in [-0.4, -0.2) is 81.6 Å². The molecule has 4 amide bonds. The van der Waals surface area contributed by atoms with Crippen molar-refractivity contribution in [2.75, 3.05) is 6.54 Å². The molecule has 0 aliphatic carbocycles. The molecule has 1 aromatic carbocycles. The van der Waals surface area contributed by atoms with Gasteiger partial charge >= 0.3 is 0 Å². The van der Waals surface area contributed by atoms with Crippen LogP contribution in [0.2, 0.25) is 0 Å². The number of nitrogens with one attached hydrogen (secondary N) is 4. The second-order valence-corrected chi connectivity index (χ2v) is 13.7. The smallest absolute Gasteiger partial charge is 0.246 e. The third kappa shape index (κ3) is 8.79. The van der Waals surface area contributed by atoms with Gasteiger partial charge in [-0.15, -0.1) is 0 Å². The average molecular weight is 623 g/mol. The predicted octanol–water partition coefficient (Wildman–Crippen LogP) is 2.26. The van der Waals surface area contributed by atoms with E-state index in [1.165, 1.54) is 4.90 Å². The normalized spacial score (nSPS) is 27.3. The van der Waals surface area contributed by atoms with Crippen molar-refractivity contribution >= 4 is 34.5 Å². The highest BCUT2D eigenvalue weighted by molar-refractivity contribution is 5.95. The molecular weight excluding hydrogens is 572 g/mol. The molecule has 0 saturated carbocycles. The number of aliphatic hydroxyl groups is 1. The molecule has 2 aliphatic rings. The minimum Gasteiger partial charge on any atom is -0.376 e. The quantitative estimate of drug-likeness (QED) is 0.318. The number of benzene rings is 1. The molecule has 2 aliphatic heterocycles. The number of hydrogen-bond acceptors (Lipinski definition) is 7. The topological polar surface area (TPSA) is 153 Å². The van der Waals surface area contributed by atoms with Gasteiger partial charge in [0, 0.05) is 24.0 Å². The van der Waals surface area contributed by atoms with Crippen LogP contribution in [0.5, 0.6) is 0 Å². The Morgan fingerprint density at radius 3 is 2.22 bits per heavy atom. The minimum absolute atomic E-state index is 0.108. The van der Waals surface area contributed by atoms with Gasteiger partial charge in [0.1, 0.15) is 24.4 Å². The van der Waals surface area contributed by atoms with Crippen molar-refractivity contribution < 1.29 is 24.3 Å². The lowest BCUT2D eigenvalue weighted by molar-refractivity contribution is -0.143. The minimum atomic E-state index is -1.26. The maximum Gasteiger partial charge on any atom is 0.246 e. The summed E-state index contributed by atoms with van der Waals surface area (Å²) < 4.78 is 0. The van der Waals surface area contributed by atoms with Gasteiger partial charge in [0.05, 0.1) is 17.6 Å². The number of fused-ring (bicyclic) bond motifs is 2.